The fraction of sp³-hybridized carbons (Fsp3) is 0.429. The van der Waals surface area contributed by atoms with Gasteiger partial charge in [-0.05, 0) is 6.92 Å². The second kappa shape index (κ2) is 6.28. The van der Waals surface area contributed by atoms with Crippen molar-refractivity contribution < 1.29 is 4.79 Å². The smallest absolute Gasteiger partial charge is 0.228 e. The summed E-state index contributed by atoms with van der Waals surface area (Å²) in [6.45, 7) is 4.48. The molecule has 0 bridgehead atoms. The van der Waals surface area contributed by atoms with E-state index < -0.39 is 0 Å². The van der Waals surface area contributed by atoms with E-state index in [0.29, 0.717) is 12.5 Å². The highest BCUT2D eigenvalue weighted by Gasteiger charge is 2.21. The monoisotopic (exact) mass is 303 g/mol. The minimum atomic E-state index is 0.138. The lowest BCUT2D eigenvalue weighted by atomic mass is 10.2. The first-order valence-corrected chi connectivity index (χ1v) is 7.82. The highest BCUT2D eigenvalue weighted by Crippen LogP contribution is 2.21. The van der Waals surface area contributed by atoms with E-state index in [1.807, 2.05) is 10.3 Å². The number of thiazole rings is 1. The first-order chi connectivity index (χ1) is 10.2. The maximum absolute atomic E-state index is 12.3. The lowest BCUT2D eigenvalue weighted by molar-refractivity contribution is -0.131. The van der Waals surface area contributed by atoms with Crippen LogP contribution in [-0.2, 0) is 11.2 Å². The van der Waals surface area contributed by atoms with Crippen LogP contribution in [0.1, 0.15) is 12.6 Å². The van der Waals surface area contributed by atoms with Crippen LogP contribution in [-0.4, -0.2) is 51.4 Å². The van der Waals surface area contributed by atoms with Crippen LogP contribution in [0.3, 0.4) is 0 Å². The molecule has 3 heterocycles. The van der Waals surface area contributed by atoms with Crippen molar-refractivity contribution in [2.24, 2.45) is 0 Å². The third-order valence-electron chi connectivity index (χ3n) is 3.39. The van der Waals surface area contributed by atoms with Gasteiger partial charge in [-0.15, -0.1) is 11.3 Å². The zero-order valence-electron chi connectivity index (χ0n) is 11.8. The Balaban J connectivity index is 1.66. The highest BCUT2D eigenvalue weighted by molar-refractivity contribution is 7.13. The number of carbonyl (C=O) groups is 1. The van der Waals surface area contributed by atoms with Crippen molar-refractivity contribution in [3.8, 4) is 10.7 Å². The fourth-order valence-electron chi connectivity index (χ4n) is 2.34. The van der Waals surface area contributed by atoms with Gasteiger partial charge in [-0.25, -0.2) is 4.98 Å². The van der Waals surface area contributed by atoms with E-state index in [0.717, 1.165) is 36.0 Å². The molecule has 1 aliphatic rings. The predicted molar refractivity (Wildman–Crippen MR) is 80.9 cm³/mol. The van der Waals surface area contributed by atoms with Crippen LogP contribution in [0, 0.1) is 0 Å². The third-order valence-corrected chi connectivity index (χ3v) is 4.30. The van der Waals surface area contributed by atoms with Gasteiger partial charge in [0.15, 0.2) is 0 Å². The SMILES string of the molecule is C[C@H]1CN(C(=O)Cc2csc(-c3cnccn3)n2)CCN1. The van der Waals surface area contributed by atoms with E-state index in [-0.39, 0.29) is 5.91 Å². The number of aromatic nitrogens is 3. The molecule has 1 aliphatic heterocycles. The van der Waals surface area contributed by atoms with Crippen molar-refractivity contribution in [3.05, 3.63) is 29.7 Å². The van der Waals surface area contributed by atoms with Gasteiger partial charge in [-0.3, -0.25) is 14.8 Å². The molecule has 0 spiro atoms. The summed E-state index contributed by atoms with van der Waals surface area (Å²) >= 11 is 1.50. The summed E-state index contributed by atoms with van der Waals surface area (Å²) < 4.78 is 0. The number of nitrogens with zero attached hydrogens (tertiary/aromatic N) is 4. The van der Waals surface area contributed by atoms with Crippen molar-refractivity contribution >= 4 is 17.2 Å². The quantitative estimate of drug-likeness (QED) is 0.914. The average molecular weight is 303 g/mol. The van der Waals surface area contributed by atoms with Gasteiger partial charge >= 0.3 is 0 Å². The Morgan fingerprint density at radius 1 is 1.52 bits per heavy atom. The van der Waals surface area contributed by atoms with Crippen LogP contribution in [0.15, 0.2) is 24.0 Å². The molecular formula is C14H17N5OS. The van der Waals surface area contributed by atoms with E-state index >= 15 is 0 Å². The van der Waals surface area contributed by atoms with E-state index in [4.69, 9.17) is 0 Å². The zero-order chi connectivity index (χ0) is 14.7. The molecule has 7 heteroatoms. The van der Waals surface area contributed by atoms with Crippen LogP contribution in [0.25, 0.3) is 10.7 Å². The summed E-state index contributed by atoms with van der Waals surface area (Å²) in [5.41, 5.74) is 1.55. The normalized spacial score (nSPS) is 18.7. The Hall–Kier alpha value is -1.86. The first kappa shape index (κ1) is 14.1. The summed E-state index contributed by atoms with van der Waals surface area (Å²) in [5, 5.41) is 6.06. The number of amides is 1. The van der Waals surface area contributed by atoms with Crippen molar-refractivity contribution in [1.29, 1.82) is 0 Å². The van der Waals surface area contributed by atoms with Gasteiger partial charge in [0.05, 0.1) is 18.3 Å². The fourth-order valence-corrected chi connectivity index (χ4v) is 3.12. The molecule has 1 fully saturated rings. The van der Waals surface area contributed by atoms with E-state index in [9.17, 15) is 4.79 Å². The number of piperazine rings is 1. The Kier molecular flexibility index (Phi) is 4.21. The van der Waals surface area contributed by atoms with Crippen LogP contribution >= 0.6 is 11.3 Å². The highest BCUT2D eigenvalue weighted by atomic mass is 32.1. The van der Waals surface area contributed by atoms with E-state index in [2.05, 4.69) is 27.2 Å². The van der Waals surface area contributed by atoms with E-state index in [1.54, 1.807) is 18.6 Å². The van der Waals surface area contributed by atoms with Crippen molar-refractivity contribution in [2.45, 2.75) is 19.4 Å². The summed E-state index contributed by atoms with van der Waals surface area (Å²) in [5.74, 6) is 0.138. The molecule has 3 rings (SSSR count). The lowest BCUT2D eigenvalue weighted by Crippen LogP contribution is -2.51. The molecule has 1 atom stereocenters. The number of carbonyl (C=O) groups excluding carboxylic acids is 1. The van der Waals surface area contributed by atoms with Gasteiger partial charge in [0.2, 0.25) is 5.91 Å². The van der Waals surface area contributed by atoms with Gasteiger partial charge in [0.1, 0.15) is 10.7 Å². The third kappa shape index (κ3) is 3.43. The second-order valence-corrected chi connectivity index (χ2v) is 5.96. The maximum atomic E-state index is 12.3. The molecule has 1 N–H and O–H groups in total. The molecule has 2 aromatic heterocycles. The summed E-state index contributed by atoms with van der Waals surface area (Å²) in [6, 6.07) is 0.355. The molecule has 0 radical (unpaired) electrons. The maximum Gasteiger partial charge on any atom is 0.228 e. The molecule has 1 amide bonds. The van der Waals surface area contributed by atoms with Crippen LogP contribution in [0.4, 0.5) is 0 Å². The van der Waals surface area contributed by atoms with Gasteiger partial charge in [0, 0.05) is 43.4 Å². The van der Waals surface area contributed by atoms with Gasteiger partial charge in [-0.2, -0.15) is 0 Å². The number of nitrogens with one attached hydrogen (secondary N) is 1. The average Bonchev–Trinajstić information content (AvgIpc) is 2.97. The Labute approximate surface area is 127 Å². The van der Waals surface area contributed by atoms with E-state index in [1.165, 1.54) is 11.3 Å². The molecule has 6 nitrogen and oxygen atoms in total. The molecular weight excluding hydrogens is 286 g/mol. The zero-order valence-corrected chi connectivity index (χ0v) is 12.6. The molecule has 21 heavy (non-hydrogen) atoms. The molecule has 110 valence electrons. The Morgan fingerprint density at radius 3 is 3.19 bits per heavy atom. The number of hydrogen-bond donors (Lipinski definition) is 1. The van der Waals surface area contributed by atoms with Gasteiger partial charge in [-0.1, -0.05) is 0 Å². The van der Waals surface area contributed by atoms with Crippen LogP contribution in [0.5, 0.6) is 0 Å². The number of rotatable bonds is 3. The largest absolute Gasteiger partial charge is 0.340 e. The van der Waals surface area contributed by atoms with Crippen LogP contribution < -0.4 is 5.32 Å². The molecule has 2 aromatic rings. The lowest BCUT2D eigenvalue weighted by Gasteiger charge is -2.31. The standard InChI is InChI=1S/C14H17N5OS/c1-10-8-19(5-4-16-10)13(20)6-11-9-21-14(18-11)12-7-15-2-3-17-12/h2-3,7,9-10,16H,4-6,8H2,1H3/t10-/m0/s1. The predicted octanol–water partition coefficient (Wildman–Crippen LogP) is 0.963. The Bertz CT molecular complexity index is 615. The minimum absolute atomic E-state index is 0.138. The summed E-state index contributed by atoms with van der Waals surface area (Å²) in [7, 11) is 0. The van der Waals surface area contributed by atoms with Crippen molar-refractivity contribution in [1.82, 2.24) is 25.2 Å². The first-order valence-electron chi connectivity index (χ1n) is 6.94. The summed E-state index contributed by atoms with van der Waals surface area (Å²) in [6.07, 6.45) is 5.31. The summed E-state index contributed by atoms with van der Waals surface area (Å²) in [4.78, 5) is 26.9. The topological polar surface area (TPSA) is 71.0 Å². The Morgan fingerprint density at radius 2 is 2.43 bits per heavy atom. The van der Waals surface area contributed by atoms with Crippen LogP contribution in [0.2, 0.25) is 0 Å². The number of hydrogen-bond acceptors (Lipinski definition) is 6. The second-order valence-electron chi connectivity index (χ2n) is 5.11. The van der Waals surface area contributed by atoms with Gasteiger partial charge in [0.25, 0.3) is 0 Å². The molecule has 1 saturated heterocycles. The van der Waals surface area contributed by atoms with Gasteiger partial charge < -0.3 is 10.2 Å². The molecule has 0 aliphatic carbocycles. The molecule has 0 saturated carbocycles. The van der Waals surface area contributed by atoms with Crippen molar-refractivity contribution in [3.63, 3.8) is 0 Å². The molecule has 0 unspecified atom stereocenters. The van der Waals surface area contributed by atoms with Crippen molar-refractivity contribution in [2.75, 3.05) is 19.6 Å². The molecule has 0 aromatic carbocycles. The minimum Gasteiger partial charge on any atom is -0.340 e.